The number of nitrogens with zero attached hydrogens (tertiary/aromatic N) is 2. The smallest absolute Gasteiger partial charge is 0.159 e. The molecule has 0 aliphatic rings. The zero-order valence-electron chi connectivity index (χ0n) is 8.54. The van der Waals surface area contributed by atoms with Crippen LogP contribution in [0.5, 0.6) is 0 Å². The first-order chi connectivity index (χ1) is 6.69. The topological polar surface area (TPSA) is 47.0 Å². The van der Waals surface area contributed by atoms with E-state index in [2.05, 4.69) is 37.9 Å². The molecule has 1 aromatic heterocycles. The fourth-order valence-electron chi connectivity index (χ4n) is 1.08. The predicted molar refractivity (Wildman–Crippen MR) is 64.3 cm³/mol. The number of nitrogens with one attached hydrogen (secondary N) is 1. The van der Waals surface area contributed by atoms with Gasteiger partial charge >= 0.3 is 0 Å². The average molecular weight is 307 g/mol. The molecule has 4 nitrogen and oxygen atoms in total. The standard InChI is InChI=1S/C9H14IN3O/c1-4-14-6(2)8-12-5-7(10)9(11-3)13-8/h5-6H,4H2,1-3H3,(H,11,12,13). The highest BCUT2D eigenvalue weighted by Gasteiger charge is 2.10. The van der Waals surface area contributed by atoms with Crippen LogP contribution in [0.25, 0.3) is 0 Å². The number of anilines is 1. The molecule has 1 atom stereocenters. The van der Waals surface area contributed by atoms with E-state index < -0.39 is 0 Å². The van der Waals surface area contributed by atoms with Crippen molar-refractivity contribution in [1.29, 1.82) is 0 Å². The van der Waals surface area contributed by atoms with Crippen LogP contribution in [0.4, 0.5) is 5.82 Å². The summed E-state index contributed by atoms with van der Waals surface area (Å²) in [5.74, 6) is 1.57. The van der Waals surface area contributed by atoms with Gasteiger partial charge in [-0.15, -0.1) is 0 Å². The molecule has 1 heterocycles. The molecule has 0 amide bonds. The van der Waals surface area contributed by atoms with Crippen LogP contribution in [0.15, 0.2) is 6.20 Å². The molecule has 0 saturated heterocycles. The lowest BCUT2D eigenvalue weighted by Crippen LogP contribution is -2.07. The summed E-state index contributed by atoms with van der Waals surface area (Å²) >= 11 is 2.19. The molecule has 0 aromatic carbocycles. The number of hydrogen-bond donors (Lipinski definition) is 1. The van der Waals surface area contributed by atoms with Crippen molar-refractivity contribution in [3.8, 4) is 0 Å². The van der Waals surface area contributed by atoms with Crippen molar-refractivity contribution < 1.29 is 4.74 Å². The Balaban J connectivity index is 2.88. The summed E-state index contributed by atoms with van der Waals surface area (Å²) < 4.78 is 6.42. The second-order valence-electron chi connectivity index (χ2n) is 2.77. The van der Waals surface area contributed by atoms with E-state index >= 15 is 0 Å². The summed E-state index contributed by atoms with van der Waals surface area (Å²) in [7, 11) is 1.85. The van der Waals surface area contributed by atoms with Crippen molar-refractivity contribution in [2.24, 2.45) is 0 Å². The van der Waals surface area contributed by atoms with Crippen LogP contribution in [0.2, 0.25) is 0 Å². The Hall–Kier alpha value is -0.430. The first kappa shape index (κ1) is 11.6. The molecule has 78 valence electrons. The number of rotatable bonds is 4. The van der Waals surface area contributed by atoms with Gasteiger partial charge in [0.25, 0.3) is 0 Å². The Morgan fingerprint density at radius 1 is 1.64 bits per heavy atom. The highest BCUT2D eigenvalue weighted by molar-refractivity contribution is 14.1. The monoisotopic (exact) mass is 307 g/mol. The zero-order chi connectivity index (χ0) is 10.6. The van der Waals surface area contributed by atoms with E-state index in [1.54, 1.807) is 6.20 Å². The maximum atomic E-state index is 5.41. The van der Waals surface area contributed by atoms with Crippen molar-refractivity contribution in [2.75, 3.05) is 19.0 Å². The average Bonchev–Trinajstić information content (AvgIpc) is 2.19. The lowest BCUT2D eigenvalue weighted by atomic mass is 10.3. The van der Waals surface area contributed by atoms with Crippen molar-refractivity contribution in [3.05, 3.63) is 15.6 Å². The minimum Gasteiger partial charge on any atom is -0.372 e. The largest absolute Gasteiger partial charge is 0.372 e. The van der Waals surface area contributed by atoms with Crippen LogP contribution in [-0.2, 0) is 4.74 Å². The summed E-state index contributed by atoms with van der Waals surface area (Å²) in [5, 5.41) is 3.02. The Morgan fingerprint density at radius 3 is 2.93 bits per heavy atom. The van der Waals surface area contributed by atoms with Gasteiger partial charge in [0.1, 0.15) is 11.9 Å². The van der Waals surface area contributed by atoms with E-state index in [0.717, 1.165) is 15.2 Å². The first-order valence-electron chi connectivity index (χ1n) is 4.50. The number of ether oxygens (including phenoxy) is 1. The third kappa shape index (κ3) is 2.78. The van der Waals surface area contributed by atoms with Crippen LogP contribution in [0.3, 0.4) is 0 Å². The zero-order valence-corrected chi connectivity index (χ0v) is 10.7. The Bertz CT molecular complexity index is 306. The quantitative estimate of drug-likeness (QED) is 0.867. The number of halogens is 1. The second-order valence-corrected chi connectivity index (χ2v) is 3.93. The fraction of sp³-hybridized carbons (Fsp3) is 0.556. The van der Waals surface area contributed by atoms with Gasteiger partial charge < -0.3 is 10.1 Å². The molecule has 1 N–H and O–H groups in total. The maximum absolute atomic E-state index is 5.41. The van der Waals surface area contributed by atoms with Crippen molar-refractivity contribution in [2.45, 2.75) is 20.0 Å². The molecule has 1 unspecified atom stereocenters. The highest BCUT2D eigenvalue weighted by atomic mass is 127. The van der Waals surface area contributed by atoms with E-state index in [-0.39, 0.29) is 6.10 Å². The normalized spacial score (nSPS) is 12.6. The fourth-order valence-corrected chi connectivity index (χ4v) is 1.61. The summed E-state index contributed by atoms with van der Waals surface area (Å²) in [6.45, 7) is 4.58. The molecule has 0 aliphatic carbocycles. The lowest BCUT2D eigenvalue weighted by molar-refractivity contribution is 0.0701. The molecule has 1 rings (SSSR count). The van der Waals surface area contributed by atoms with Gasteiger partial charge in [-0.05, 0) is 36.4 Å². The third-order valence-electron chi connectivity index (χ3n) is 1.78. The molecule has 0 radical (unpaired) electrons. The van der Waals surface area contributed by atoms with E-state index in [1.807, 2.05) is 20.9 Å². The maximum Gasteiger partial charge on any atom is 0.159 e. The Labute approximate surface area is 97.6 Å². The molecular formula is C9H14IN3O. The van der Waals surface area contributed by atoms with Crippen LogP contribution < -0.4 is 5.32 Å². The van der Waals surface area contributed by atoms with Crippen LogP contribution in [-0.4, -0.2) is 23.6 Å². The minimum atomic E-state index is -0.0518. The molecule has 0 fully saturated rings. The van der Waals surface area contributed by atoms with E-state index in [4.69, 9.17) is 4.74 Å². The van der Waals surface area contributed by atoms with E-state index in [0.29, 0.717) is 6.61 Å². The van der Waals surface area contributed by atoms with Gasteiger partial charge in [-0.1, -0.05) is 0 Å². The van der Waals surface area contributed by atoms with Crippen LogP contribution in [0, 0.1) is 3.57 Å². The summed E-state index contributed by atoms with van der Waals surface area (Å²) in [5.41, 5.74) is 0. The molecule has 1 aromatic rings. The minimum absolute atomic E-state index is 0.0518. The predicted octanol–water partition coefficient (Wildman–Crippen LogP) is 2.22. The van der Waals surface area contributed by atoms with Gasteiger partial charge in [0.05, 0.1) is 3.57 Å². The molecule has 0 saturated carbocycles. The van der Waals surface area contributed by atoms with Crippen molar-refractivity contribution in [1.82, 2.24) is 9.97 Å². The Morgan fingerprint density at radius 2 is 2.36 bits per heavy atom. The van der Waals surface area contributed by atoms with Gasteiger partial charge in [0.2, 0.25) is 0 Å². The first-order valence-corrected chi connectivity index (χ1v) is 5.58. The third-order valence-corrected chi connectivity index (χ3v) is 2.57. The number of aromatic nitrogens is 2. The molecular weight excluding hydrogens is 293 g/mol. The Kier molecular flexibility index (Phi) is 4.53. The summed E-state index contributed by atoms with van der Waals surface area (Å²) in [4.78, 5) is 8.58. The van der Waals surface area contributed by atoms with E-state index in [9.17, 15) is 0 Å². The van der Waals surface area contributed by atoms with Gasteiger partial charge in [-0.25, -0.2) is 9.97 Å². The second kappa shape index (κ2) is 5.45. The van der Waals surface area contributed by atoms with E-state index in [1.165, 1.54) is 0 Å². The molecule has 14 heavy (non-hydrogen) atoms. The van der Waals surface area contributed by atoms with Gasteiger partial charge in [-0.3, -0.25) is 0 Å². The molecule has 5 heteroatoms. The molecule has 0 spiro atoms. The lowest BCUT2D eigenvalue weighted by Gasteiger charge is -2.11. The molecule has 0 aliphatic heterocycles. The van der Waals surface area contributed by atoms with Crippen molar-refractivity contribution in [3.63, 3.8) is 0 Å². The summed E-state index contributed by atoms with van der Waals surface area (Å²) in [6.07, 6.45) is 1.74. The van der Waals surface area contributed by atoms with Gasteiger partial charge in [0.15, 0.2) is 5.82 Å². The van der Waals surface area contributed by atoms with Crippen molar-refractivity contribution >= 4 is 28.4 Å². The van der Waals surface area contributed by atoms with Gasteiger partial charge in [0, 0.05) is 19.9 Å². The molecule has 0 bridgehead atoms. The van der Waals surface area contributed by atoms with Crippen LogP contribution >= 0.6 is 22.6 Å². The van der Waals surface area contributed by atoms with Gasteiger partial charge in [-0.2, -0.15) is 0 Å². The highest BCUT2D eigenvalue weighted by Crippen LogP contribution is 2.18. The SMILES string of the molecule is CCOC(C)c1ncc(I)c(NC)n1. The number of hydrogen-bond acceptors (Lipinski definition) is 4. The van der Waals surface area contributed by atoms with Crippen LogP contribution in [0.1, 0.15) is 25.8 Å². The summed E-state index contributed by atoms with van der Waals surface area (Å²) in [6, 6.07) is 0.